The molecule has 1 amide bonds. The zero-order valence-corrected chi connectivity index (χ0v) is 16.7. The van der Waals surface area contributed by atoms with Crippen LogP contribution in [0.4, 0.5) is 0 Å². The van der Waals surface area contributed by atoms with Crippen molar-refractivity contribution in [3.8, 4) is 17.2 Å². The van der Waals surface area contributed by atoms with Crippen LogP contribution in [0.15, 0.2) is 42.6 Å². The summed E-state index contributed by atoms with van der Waals surface area (Å²) < 4.78 is 20.2. The molecule has 4 rings (SSSR count). The number of nitriles is 1. The number of aromatic amines is 1. The number of amides is 1. The molecule has 1 aromatic heterocycles. The van der Waals surface area contributed by atoms with E-state index in [4.69, 9.17) is 5.73 Å². The molecular weight excluding hydrogens is 386 g/mol. The summed E-state index contributed by atoms with van der Waals surface area (Å²) in [7, 11) is -2.49. The molecule has 1 unspecified atom stereocenters. The third-order valence-corrected chi connectivity index (χ3v) is 7.50. The number of nitrogens with zero attached hydrogens (tertiary/aromatic N) is 1. The Hall–Kier alpha value is -2.79. The van der Waals surface area contributed by atoms with Crippen molar-refractivity contribution in [1.82, 2.24) is 4.98 Å². The Labute approximate surface area is 170 Å². The van der Waals surface area contributed by atoms with E-state index in [0.717, 1.165) is 34.9 Å². The van der Waals surface area contributed by atoms with E-state index >= 15 is 0 Å². The van der Waals surface area contributed by atoms with E-state index in [1.165, 1.54) is 0 Å². The fourth-order valence-corrected chi connectivity index (χ4v) is 5.66. The van der Waals surface area contributed by atoms with Gasteiger partial charge in [0.2, 0.25) is 0 Å². The largest absolute Gasteiger partial charge is 0.366 e. The lowest BCUT2D eigenvalue weighted by Crippen LogP contribution is -2.11. The second-order valence-electron chi connectivity index (χ2n) is 7.59. The van der Waals surface area contributed by atoms with Crippen LogP contribution < -0.4 is 5.73 Å². The van der Waals surface area contributed by atoms with E-state index < -0.39 is 16.5 Å². The number of nitrogens with two attached hydrogens (primary N) is 1. The van der Waals surface area contributed by atoms with E-state index in [0.29, 0.717) is 34.6 Å². The molecule has 0 spiro atoms. The second kappa shape index (κ2) is 7.56. The lowest BCUT2D eigenvalue weighted by Gasteiger charge is -2.30. The van der Waals surface area contributed by atoms with Gasteiger partial charge in [0.25, 0.3) is 5.91 Å². The van der Waals surface area contributed by atoms with Crippen LogP contribution in [0.3, 0.4) is 0 Å². The molecule has 7 heteroatoms. The smallest absolute Gasteiger partial charge is 0.250 e. The SMILES string of the molecule is N#Cc1cccc(-c2cc(C(N)=O)c3[nH]cc(C4CCCS(O)(O)CC4)c3c2)c1. The fraction of sp³-hybridized carbons (Fsp3) is 0.273. The number of hydrogen-bond donors (Lipinski definition) is 4. The summed E-state index contributed by atoms with van der Waals surface area (Å²) in [5, 5.41) is 10.1. The molecule has 1 saturated heterocycles. The maximum absolute atomic E-state index is 12.1. The summed E-state index contributed by atoms with van der Waals surface area (Å²) in [5.74, 6) is 0.511. The van der Waals surface area contributed by atoms with Crippen LogP contribution >= 0.6 is 10.6 Å². The van der Waals surface area contributed by atoms with Crippen LogP contribution in [-0.2, 0) is 0 Å². The Bertz CT molecular complexity index is 1130. The predicted octanol–water partition coefficient (Wildman–Crippen LogP) is 4.82. The number of rotatable bonds is 3. The zero-order chi connectivity index (χ0) is 20.6. The van der Waals surface area contributed by atoms with Crippen molar-refractivity contribution in [2.45, 2.75) is 25.2 Å². The number of benzene rings is 2. The normalized spacial score (nSPS) is 20.0. The Kier molecular flexibility index (Phi) is 5.09. The van der Waals surface area contributed by atoms with Crippen molar-refractivity contribution in [2.75, 3.05) is 11.5 Å². The van der Waals surface area contributed by atoms with Gasteiger partial charge < -0.3 is 10.7 Å². The number of carbonyl (C=O) groups is 1. The average molecular weight is 410 g/mol. The molecule has 1 aliphatic rings. The van der Waals surface area contributed by atoms with Gasteiger partial charge in [-0.25, -0.2) is 0 Å². The van der Waals surface area contributed by atoms with Crippen molar-refractivity contribution >= 4 is 27.4 Å². The predicted molar refractivity (Wildman–Crippen MR) is 116 cm³/mol. The van der Waals surface area contributed by atoms with Crippen LogP contribution in [0, 0.1) is 11.3 Å². The Morgan fingerprint density at radius 1 is 1.17 bits per heavy atom. The number of H-pyrrole nitrogens is 1. The fourth-order valence-electron chi connectivity index (χ4n) is 4.17. The molecule has 1 atom stereocenters. The summed E-state index contributed by atoms with van der Waals surface area (Å²) in [6, 6.07) is 13.2. The van der Waals surface area contributed by atoms with E-state index in [1.807, 2.05) is 24.4 Å². The van der Waals surface area contributed by atoms with Gasteiger partial charge in [0.15, 0.2) is 0 Å². The second-order valence-corrected chi connectivity index (χ2v) is 10.0. The van der Waals surface area contributed by atoms with Gasteiger partial charge in [-0.05, 0) is 66.1 Å². The van der Waals surface area contributed by atoms with Gasteiger partial charge in [-0.2, -0.15) is 15.9 Å². The summed E-state index contributed by atoms with van der Waals surface area (Å²) in [5.41, 5.74) is 10.0. The highest BCUT2D eigenvalue weighted by Gasteiger charge is 2.25. The van der Waals surface area contributed by atoms with Crippen molar-refractivity contribution in [3.63, 3.8) is 0 Å². The molecule has 6 nitrogen and oxygen atoms in total. The van der Waals surface area contributed by atoms with Crippen LogP contribution in [0.2, 0.25) is 0 Å². The Morgan fingerprint density at radius 3 is 2.76 bits per heavy atom. The molecule has 5 N–H and O–H groups in total. The van der Waals surface area contributed by atoms with E-state index in [1.54, 1.807) is 18.2 Å². The van der Waals surface area contributed by atoms with Gasteiger partial charge in [-0.15, -0.1) is 0 Å². The molecule has 3 aromatic rings. The van der Waals surface area contributed by atoms with Crippen LogP contribution in [-0.4, -0.2) is 31.5 Å². The first-order chi connectivity index (χ1) is 13.9. The first-order valence-electron chi connectivity index (χ1n) is 9.57. The van der Waals surface area contributed by atoms with Gasteiger partial charge in [-0.1, -0.05) is 12.1 Å². The minimum Gasteiger partial charge on any atom is -0.366 e. The molecule has 0 bridgehead atoms. The van der Waals surface area contributed by atoms with Gasteiger partial charge in [0, 0.05) is 23.1 Å². The first kappa shape index (κ1) is 19.5. The molecule has 150 valence electrons. The van der Waals surface area contributed by atoms with Crippen molar-refractivity contribution in [3.05, 3.63) is 59.3 Å². The van der Waals surface area contributed by atoms with E-state index in [9.17, 15) is 19.2 Å². The summed E-state index contributed by atoms with van der Waals surface area (Å²) >= 11 is 0. The molecule has 0 aliphatic carbocycles. The first-order valence-corrected chi connectivity index (χ1v) is 11.5. The molecular formula is C22H23N3O3S. The number of fused-ring (bicyclic) bond motifs is 1. The highest BCUT2D eigenvalue weighted by molar-refractivity contribution is 8.24. The third kappa shape index (κ3) is 3.87. The standard InChI is InChI=1S/C22H23N3O3S/c23-12-14-3-1-4-16(9-14)17-10-18-20(13-25-21(18)19(11-17)22(24)26)15-5-2-7-29(27,28)8-6-15/h1,3-4,9-11,13,15,25,27-28H,2,5-8H2,(H2,24,26). The lowest BCUT2D eigenvalue weighted by atomic mass is 9.90. The number of nitrogens with one attached hydrogen (secondary N) is 1. The van der Waals surface area contributed by atoms with Gasteiger partial charge in [0.05, 0.1) is 22.7 Å². The summed E-state index contributed by atoms with van der Waals surface area (Å²) in [6.07, 6.45) is 4.22. The van der Waals surface area contributed by atoms with Crippen molar-refractivity contribution in [1.29, 1.82) is 5.26 Å². The summed E-state index contributed by atoms with van der Waals surface area (Å²) in [6.45, 7) is 0. The van der Waals surface area contributed by atoms with Crippen molar-refractivity contribution < 1.29 is 13.9 Å². The third-order valence-electron chi connectivity index (χ3n) is 5.67. The maximum atomic E-state index is 12.1. The average Bonchev–Trinajstić information content (AvgIpc) is 3.04. The molecule has 2 heterocycles. The number of primary amides is 1. The van der Waals surface area contributed by atoms with Crippen LogP contribution in [0.5, 0.6) is 0 Å². The van der Waals surface area contributed by atoms with Crippen molar-refractivity contribution in [2.24, 2.45) is 5.73 Å². The Morgan fingerprint density at radius 2 is 2.00 bits per heavy atom. The molecule has 1 aliphatic heterocycles. The van der Waals surface area contributed by atoms with Crippen LogP contribution in [0.25, 0.3) is 22.0 Å². The number of aromatic nitrogens is 1. The Balaban J connectivity index is 1.84. The molecule has 0 radical (unpaired) electrons. The lowest BCUT2D eigenvalue weighted by molar-refractivity contribution is 0.100. The van der Waals surface area contributed by atoms with Gasteiger partial charge >= 0.3 is 0 Å². The quantitative estimate of drug-likeness (QED) is 0.495. The molecule has 29 heavy (non-hydrogen) atoms. The number of carbonyl (C=O) groups excluding carboxylic acids is 1. The summed E-state index contributed by atoms with van der Waals surface area (Å²) in [4.78, 5) is 15.3. The highest BCUT2D eigenvalue weighted by atomic mass is 32.3. The topological polar surface area (TPSA) is 123 Å². The maximum Gasteiger partial charge on any atom is 0.250 e. The monoisotopic (exact) mass is 409 g/mol. The minimum absolute atomic E-state index is 0.179. The van der Waals surface area contributed by atoms with Gasteiger partial charge in [-0.3, -0.25) is 13.9 Å². The van der Waals surface area contributed by atoms with Crippen LogP contribution in [0.1, 0.15) is 46.7 Å². The molecule has 2 aromatic carbocycles. The highest BCUT2D eigenvalue weighted by Crippen LogP contribution is 2.47. The van der Waals surface area contributed by atoms with Gasteiger partial charge in [0.1, 0.15) is 0 Å². The molecule has 0 saturated carbocycles. The van der Waals surface area contributed by atoms with E-state index in [-0.39, 0.29) is 5.92 Å². The van der Waals surface area contributed by atoms with E-state index in [2.05, 4.69) is 11.1 Å². The molecule has 1 fully saturated rings. The minimum atomic E-state index is -2.49. The zero-order valence-electron chi connectivity index (χ0n) is 15.9. The number of hydrogen-bond acceptors (Lipinski definition) is 4.